The third-order valence-electron chi connectivity index (χ3n) is 5.69. The molecule has 31 heavy (non-hydrogen) atoms. The van der Waals surface area contributed by atoms with Crippen LogP contribution >= 0.6 is 0 Å². The minimum absolute atomic E-state index is 0.00513. The standard InChI is InChI=1S/C23H22N4O4/c1-2-30-16-9-7-15(8-10-16)23-22-18(17-5-3-4-6-19(17)24-22)11-12-27(23)20(28)13-26-14-21(29)31-25-26/h3-10,14,23-24H,2,11-13H2,1H3/p+1/t23-/m0/s1. The van der Waals surface area contributed by atoms with E-state index in [1.807, 2.05) is 48.2 Å². The molecular weight excluding hydrogens is 396 g/mol. The van der Waals surface area contributed by atoms with Crippen LogP contribution in [0, 0.1) is 0 Å². The highest BCUT2D eigenvalue weighted by atomic mass is 16.5. The SMILES string of the molecule is CCOc1ccc([C@H]2c3[nH]c4ccccc4c3CCN2C(=O)C[n+]2cc(=O)o[nH]2)cc1. The molecule has 0 unspecified atom stereocenters. The summed E-state index contributed by atoms with van der Waals surface area (Å²) in [4.78, 5) is 30.0. The van der Waals surface area contributed by atoms with Crippen LogP contribution in [0.5, 0.6) is 5.75 Å². The maximum atomic E-state index is 13.3. The summed E-state index contributed by atoms with van der Waals surface area (Å²) in [5, 5.41) is 3.64. The van der Waals surface area contributed by atoms with Gasteiger partial charge in [0.2, 0.25) is 0 Å². The van der Waals surface area contributed by atoms with Crippen molar-refractivity contribution in [3.63, 3.8) is 0 Å². The van der Waals surface area contributed by atoms with Crippen LogP contribution < -0.4 is 15.0 Å². The van der Waals surface area contributed by atoms with Crippen molar-refractivity contribution in [1.29, 1.82) is 0 Å². The van der Waals surface area contributed by atoms with E-state index in [9.17, 15) is 9.59 Å². The van der Waals surface area contributed by atoms with E-state index < -0.39 is 5.63 Å². The number of nitrogens with one attached hydrogen (secondary N) is 2. The third kappa shape index (κ3) is 3.50. The zero-order chi connectivity index (χ0) is 21.4. The van der Waals surface area contributed by atoms with Gasteiger partial charge in [-0.25, -0.2) is 4.79 Å². The van der Waals surface area contributed by atoms with E-state index in [2.05, 4.69) is 26.9 Å². The molecule has 8 heteroatoms. The third-order valence-corrected chi connectivity index (χ3v) is 5.69. The van der Waals surface area contributed by atoms with Crippen LogP contribution in [0.15, 0.2) is 64.0 Å². The number of nitrogens with zero attached hydrogens (tertiary/aromatic N) is 2. The van der Waals surface area contributed by atoms with E-state index >= 15 is 0 Å². The van der Waals surface area contributed by atoms with E-state index in [0.717, 1.165) is 28.9 Å². The van der Waals surface area contributed by atoms with Gasteiger partial charge in [-0.3, -0.25) is 9.32 Å². The molecule has 4 aromatic rings. The molecule has 2 N–H and O–H groups in total. The average Bonchev–Trinajstić information content (AvgIpc) is 3.36. The first-order valence-electron chi connectivity index (χ1n) is 10.3. The quantitative estimate of drug-likeness (QED) is 0.486. The van der Waals surface area contributed by atoms with Crippen molar-refractivity contribution in [2.75, 3.05) is 13.2 Å². The number of benzene rings is 2. The van der Waals surface area contributed by atoms with E-state index in [4.69, 9.17) is 4.74 Å². The number of hydrogen-bond donors (Lipinski definition) is 2. The van der Waals surface area contributed by atoms with Crippen molar-refractivity contribution in [1.82, 2.24) is 15.2 Å². The smallest absolute Gasteiger partial charge is 0.426 e. The van der Waals surface area contributed by atoms with E-state index in [0.29, 0.717) is 13.2 Å². The zero-order valence-corrected chi connectivity index (χ0v) is 17.1. The molecule has 1 atom stereocenters. The fraction of sp³-hybridized carbons (Fsp3) is 0.261. The number of aromatic amines is 2. The topological polar surface area (TPSA) is 95.2 Å². The molecule has 2 aromatic heterocycles. The Labute approximate surface area is 178 Å². The molecule has 0 spiro atoms. The normalized spacial score (nSPS) is 15.8. The maximum Gasteiger partial charge on any atom is 0.426 e. The summed E-state index contributed by atoms with van der Waals surface area (Å²) >= 11 is 0. The summed E-state index contributed by atoms with van der Waals surface area (Å²) in [6.45, 7) is 3.12. The van der Waals surface area contributed by atoms with Crippen molar-refractivity contribution in [2.45, 2.75) is 25.9 Å². The van der Waals surface area contributed by atoms with Gasteiger partial charge in [-0.1, -0.05) is 35.0 Å². The first kappa shape index (κ1) is 19.2. The molecule has 0 fully saturated rings. The fourth-order valence-corrected chi connectivity index (χ4v) is 4.37. The van der Waals surface area contributed by atoms with Crippen molar-refractivity contribution < 1.29 is 18.7 Å². The van der Waals surface area contributed by atoms with Crippen LogP contribution in [0.2, 0.25) is 0 Å². The lowest BCUT2D eigenvalue weighted by atomic mass is 9.92. The van der Waals surface area contributed by atoms with Crippen molar-refractivity contribution in [2.24, 2.45) is 0 Å². The van der Waals surface area contributed by atoms with Gasteiger partial charge in [-0.05, 0) is 47.9 Å². The summed E-state index contributed by atoms with van der Waals surface area (Å²) in [6.07, 6.45) is 1.99. The first-order chi connectivity index (χ1) is 15.1. The van der Waals surface area contributed by atoms with E-state index in [1.165, 1.54) is 21.8 Å². The molecule has 5 rings (SSSR count). The summed E-state index contributed by atoms with van der Waals surface area (Å²) < 4.78 is 11.6. The maximum absolute atomic E-state index is 13.3. The van der Waals surface area contributed by atoms with Crippen molar-refractivity contribution >= 4 is 16.8 Å². The molecule has 1 aliphatic heterocycles. The molecule has 2 aromatic carbocycles. The van der Waals surface area contributed by atoms with Gasteiger partial charge in [0.25, 0.3) is 18.6 Å². The Hall–Kier alpha value is -3.81. The molecule has 0 bridgehead atoms. The van der Waals surface area contributed by atoms with Gasteiger partial charge >= 0.3 is 5.63 Å². The highest BCUT2D eigenvalue weighted by molar-refractivity contribution is 5.86. The summed E-state index contributed by atoms with van der Waals surface area (Å²) in [5.41, 5.74) is 3.80. The number of para-hydroxylation sites is 1. The molecule has 1 amide bonds. The van der Waals surface area contributed by atoms with Gasteiger partial charge in [-0.15, -0.1) is 0 Å². The number of hydrogen-bond acceptors (Lipinski definition) is 4. The summed E-state index contributed by atoms with van der Waals surface area (Å²) in [6, 6.07) is 15.8. The van der Waals surface area contributed by atoms with E-state index in [1.54, 1.807) is 0 Å². The molecule has 0 saturated heterocycles. The van der Waals surface area contributed by atoms with Gasteiger partial charge in [-0.2, -0.15) is 0 Å². The Morgan fingerprint density at radius 2 is 2.03 bits per heavy atom. The zero-order valence-electron chi connectivity index (χ0n) is 17.1. The average molecular weight is 419 g/mol. The first-order valence-corrected chi connectivity index (χ1v) is 10.3. The number of aromatic nitrogens is 3. The van der Waals surface area contributed by atoms with Crippen LogP contribution in [0.4, 0.5) is 0 Å². The number of H-pyrrole nitrogens is 2. The molecular formula is C23H23N4O4+. The van der Waals surface area contributed by atoms with Gasteiger partial charge in [0, 0.05) is 23.1 Å². The fourth-order valence-electron chi connectivity index (χ4n) is 4.37. The Kier molecular flexibility index (Phi) is 4.82. The number of amides is 1. The highest BCUT2D eigenvalue weighted by Crippen LogP contribution is 2.38. The van der Waals surface area contributed by atoms with Gasteiger partial charge < -0.3 is 14.6 Å². The number of rotatable bonds is 5. The van der Waals surface area contributed by atoms with Crippen molar-refractivity contribution in [3.05, 3.63) is 82.0 Å². The molecule has 158 valence electrons. The number of carbonyl (C=O) groups excluding carboxylic acids is 1. The molecule has 3 heterocycles. The second kappa shape index (κ2) is 7.79. The Bertz CT molecular complexity index is 1280. The number of carbonyl (C=O) groups is 1. The van der Waals surface area contributed by atoms with Crippen LogP contribution in [0.25, 0.3) is 10.9 Å². The highest BCUT2D eigenvalue weighted by Gasteiger charge is 2.36. The van der Waals surface area contributed by atoms with Crippen molar-refractivity contribution in [3.8, 4) is 5.75 Å². The van der Waals surface area contributed by atoms with Gasteiger partial charge in [0.1, 0.15) is 5.75 Å². The van der Waals surface area contributed by atoms with Crippen LogP contribution in [0.1, 0.15) is 29.8 Å². The number of fused-ring (bicyclic) bond motifs is 3. The number of ether oxygens (including phenoxy) is 1. The summed E-state index contributed by atoms with van der Waals surface area (Å²) in [7, 11) is 0. The predicted molar refractivity (Wildman–Crippen MR) is 113 cm³/mol. The molecule has 0 aliphatic carbocycles. The Morgan fingerprint density at radius 3 is 2.77 bits per heavy atom. The lowest BCUT2D eigenvalue weighted by Crippen LogP contribution is -2.49. The molecule has 8 nitrogen and oxygen atoms in total. The molecule has 1 aliphatic rings. The van der Waals surface area contributed by atoms with Crippen LogP contribution in [-0.2, 0) is 17.8 Å². The minimum atomic E-state index is -0.521. The van der Waals surface area contributed by atoms with Gasteiger partial charge in [0.15, 0.2) is 0 Å². The molecule has 0 saturated carbocycles. The van der Waals surface area contributed by atoms with E-state index in [-0.39, 0.29) is 18.5 Å². The minimum Gasteiger partial charge on any atom is -0.494 e. The van der Waals surface area contributed by atoms with Gasteiger partial charge in [0.05, 0.1) is 12.6 Å². The monoisotopic (exact) mass is 419 g/mol. The molecule has 0 radical (unpaired) electrons. The second-order valence-corrected chi connectivity index (χ2v) is 7.57. The Balaban J connectivity index is 1.56. The Morgan fingerprint density at radius 1 is 1.23 bits per heavy atom. The van der Waals surface area contributed by atoms with Crippen LogP contribution in [0.3, 0.4) is 0 Å². The summed E-state index contributed by atoms with van der Waals surface area (Å²) in [5.74, 6) is 0.688. The largest absolute Gasteiger partial charge is 0.494 e. The lowest BCUT2D eigenvalue weighted by Gasteiger charge is -2.35. The van der Waals surface area contributed by atoms with Crippen LogP contribution in [-0.4, -0.2) is 34.2 Å². The lowest BCUT2D eigenvalue weighted by molar-refractivity contribution is -0.751. The second-order valence-electron chi connectivity index (χ2n) is 7.57. The predicted octanol–water partition coefficient (Wildman–Crippen LogP) is 2.31.